The summed E-state index contributed by atoms with van der Waals surface area (Å²) in [6, 6.07) is 8.05. The molecule has 2 aromatic rings. The molecular weight excluding hydrogens is 260 g/mol. The van der Waals surface area contributed by atoms with Crippen LogP contribution in [0, 0.1) is 11.6 Å². The highest BCUT2D eigenvalue weighted by molar-refractivity contribution is 6.30. The van der Waals surface area contributed by atoms with Crippen molar-refractivity contribution in [2.24, 2.45) is 5.73 Å². The zero-order valence-corrected chi connectivity index (χ0v) is 10.0. The Kier molecular flexibility index (Phi) is 3.79. The van der Waals surface area contributed by atoms with Crippen LogP contribution in [0.4, 0.5) is 8.78 Å². The van der Waals surface area contributed by atoms with Crippen molar-refractivity contribution in [2.45, 2.75) is 6.54 Å². The SMILES string of the molecule is NCc1cc(F)ccc1Oc1ccc(Cl)c(F)c1. The molecule has 2 aromatic carbocycles. The fourth-order valence-corrected chi connectivity index (χ4v) is 1.59. The van der Waals surface area contributed by atoms with Gasteiger partial charge in [0.1, 0.15) is 23.1 Å². The lowest BCUT2D eigenvalue weighted by Gasteiger charge is -2.10. The summed E-state index contributed by atoms with van der Waals surface area (Å²) in [4.78, 5) is 0. The molecule has 0 amide bonds. The van der Waals surface area contributed by atoms with E-state index in [2.05, 4.69) is 0 Å². The smallest absolute Gasteiger partial charge is 0.145 e. The highest BCUT2D eigenvalue weighted by atomic mass is 35.5. The summed E-state index contributed by atoms with van der Waals surface area (Å²) in [6.07, 6.45) is 0. The molecule has 0 aliphatic rings. The third-order valence-electron chi connectivity index (χ3n) is 2.36. The van der Waals surface area contributed by atoms with E-state index in [0.717, 1.165) is 6.07 Å². The normalized spacial score (nSPS) is 10.4. The summed E-state index contributed by atoms with van der Waals surface area (Å²) in [5.74, 6) is -0.311. The summed E-state index contributed by atoms with van der Waals surface area (Å²) < 4.78 is 31.7. The van der Waals surface area contributed by atoms with Gasteiger partial charge in [-0.3, -0.25) is 0 Å². The monoisotopic (exact) mass is 269 g/mol. The first kappa shape index (κ1) is 12.8. The molecule has 94 valence electrons. The molecule has 0 heterocycles. The maximum Gasteiger partial charge on any atom is 0.145 e. The minimum atomic E-state index is -0.578. The van der Waals surface area contributed by atoms with E-state index in [0.29, 0.717) is 11.3 Å². The van der Waals surface area contributed by atoms with Crippen molar-refractivity contribution < 1.29 is 13.5 Å². The van der Waals surface area contributed by atoms with Crippen molar-refractivity contribution in [3.63, 3.8) is 0 Å². The van der Waals surface area contributed by atoms with Gasteiger partial charge in [0.25, 0.3) is 0 Å². The first-order valence-corrected chi connectivity index (χ1v) is 5.59. The summed E-state index contributed by atoms with van der Waals surface area (Å²) in [5.41, 5.74) is 5.99. The molecule has 0 saturated carbocycles. The Labute approximate surface area is 108 Å². The number of halogens is 3. The minimum absolute atomic E-state index is 0.0144. The van der Waals surface area contributed by atoms with Crippen LogP contribution in [-0.4, -0.2) is 0 Å². The molecule has 0 radical (unpaired) electrons. The number of rotatable bonds is 3. The van der Waals surface area contributed by atoms with Crippen LogP contribution in [0.3, 0.4) is 0 Å². The van der Waals surface area contributed by atoms with Crippen molar-refractivity contribution in [3.05, 3.63) is 58.6 Å². The number of hydrogen-bond acceptors (Lipinski definition) is 2. The van der Waals surface area contributed by atoms with E-state index < -0.39 is 11.6 Å². The van der Waals surface area contributed by atoms with Crippen molar-refractivity contribution in [2.75, 3.05) is 0 Å². The molecule has 0 aliphatic carbocycles. The molecular formula is C13H10ClF2NO. The third kappa shape index (κ3) is 2.78. The molecule has 0 saturated heterocycles. The van der Waals surface area contributed by atoms with Crippen LogP contribution in [0.25, 0.3) is 0 Å². The van der Waals surface area contributed by atoms with Gasteiger partial charge in [-0.05, 0) is 30.3 Å². The number of hydrogen-bond donors (Lipinski definition) is 1. The quantitative estimate of drug-likeness (QED) is 0.918. The Morgan fingerprint density at radius 1 is 1.11 bits per heavy atom. The summed E-state index contributed by atoms with van der Waals surface area (Å²) in [7, 11) is 0. The Balaban J connectivity index is 2.30. The van der Waals surface area contributed by atoms with E-state index in [1.54, 1.807) is 0 Å². The number of benzene rings is 2. The second kappa shape index (κ2) is 5.33. The fraction of sp³-hybridized carbons (Fsp3) is 0.0769. The first-order valence-electron chi connectivity index (χ1n) is 5.21. The van der Waals surface area contributed by atoms with Crippen LogP contribution < -0.4 is 10.5 Å². The van der Waals surface area contributed by atoms with Crippen LogP contribution in [0.1, 0.15) is 5.56 Å². The maximum atomic E-state index is 13.2. The molecule has 0 fully saturated rings. The van der Waals surface area contributed by atoms with E-state index in [4.69, 9.17) is 22.1 Å². The van der Waals surface area contributed by atoms with Gasteiger partial charge in [-0.15, -0.1) is 0 Å². The second-order valence-corrected chi connectivity index (χ2v) is 4.04. The number of ether oxygens (including phenoxy) is 1. The van der Waals surface area contributed by atoms with Crippen molar-refractivity contribution in [1.29, 1.82) is 0 Å². The van der Waals surface area contributed by atoms with Crippen molar-refractivity contribution in [1.82, 2.24) is 0 Å². The summed E-state index contributed by atoms with van der Waals surface area (Å²) in [6.45, 7) is 0.128. The predicted octanol–water partition coefficient (Wildman–Crippen LogP) is 3.87. The second-order valence-electron chi connectivity index (χ2n) is 3.63. The molecule has 2 N–H and O–H groups in total. The predicted molar refractivity (Wildman–Crippen MR) is 65.8 cm³/mol. The van der Waals surface area contributed by atoms with Gasteiger partial charge in [-0.25, -0.2) is 8.78 Å². The van der Waals surface area contributed by atoms with E-state index >= 15 is 0 Å². The molecule has 18 heavy (non-hydrogen) atoms. The zero-order chi connectivity index (χ0) is 13.1. The van der Waals surface area contributed by atoms with Gasteiger partial charge in [-0.1, -0.05) is 11.6 Å². The molecule has 0 aromatic heterocycles. The Morgan fingerprint density at radius 3 is 2.56 bits per heavy atom. The van der Waals surface area contributed by atoms with Gasteiger partial charge >= 0.3 is 0 Å². The molecule has 0 atom stereocenters. The average Bonchev–Trinajstić information content (AvgIpc) is 2.36. The van der Waals surface area contributed by atoms with E-state index in [1.165, 1.54) is 30.3 Å². The molecule has 2 nitrogen and oxygen atoms in total. The largest absolute Gasteiger partial charge is 0.457 e. The summed E-state index contributed by atoms with van der Waals surface area (Å²) in [5, 5.41) is 0.0144. The molecule has 0 spiro atoms. The molecule has 0 aliphatic heterocycles. The average molecular weight is 270 g/mol. The fourth-order valence-electron chi connectivity index (χ4n) is 1.47. The highest BCUT2D eigenvalue weighted by Gasteiger charge is 2.07. The molecule has 5 heteroatoms. The lowest BCUT2D eigenvalue weighted by molar-refractivity contribution is 0.468. The van der Waals surface area contributed by atoms with E-state index in [9.17, 15) is 8.78 Å². The van der Waals surface area contributed by atoms with Gasteiger partial charge in [0.05, 0.1) is 5.02 Å². The molecule has 0 unspecified atom stereocenters. The van der Waals surface area contributed by atoms with E-state index in [-0.39, 0.29) is 17.3 Å². The van der Waals surface area contributed by atoms with Gasteiger partial charge in [0.2, 0.25) is 0 Å². The van der Waals surface area contributed by atoms with Crippen LogP contribution >= 0.6 is 11.6 Å². The third-order valence-corrected chi connectivity index (χ3v) is 2.67. The zero-order valence-electron chi connectivity index (χ0n) is 9.29. The molecule has 0 bridgehead atoms. The van der Waals surface area contributed by atoms with Crippen molar-refractivity contribution >= 4 is 11.6 Å². The first-order chi connectivity index (χ1) is 8.60. The Bertz CT molecular complexity index is 575. The summed E-state index contributed by atoms with van der Waals surface area (Å²) >= 11 is 5.56. The molecule has 2 rings (SSSR count). The van der Waals surface area contributed by atoms with Gasteiger partial charge in [0, 0.05) is 18.2 Å². The minimum Gasteiger partial charge on any atom is -0.457 e. The van der Waals surface area contributed by atoms with Crippen LogP contribution in [0.15, 0.2) is 36.4 Å². The Morgan fingerprint density at radius 2 is 1.89 bits per heavy atom. The van der Waals surface area contributed by atoms with E-state index in [1.807, 2.05) is 0 Å². The van der Waals surface area contributed by atoms with Gasteiger partial charge < -0.3 is 10.5 Å². The van der Waals surface area contributed by atoms with Crippen LogP contribution in [0.5, 0.6) is 11.5 Å². The van der Waals surface area contributed by atoms with Gasteiger partial charge in [-0.2, -0.15) is 0 Å². The van der Waals surface area contributed by atoms with Crippen LogP contribution in [-0.2, 0) is 6.54 Å². The van der Waals surface area contributed by atoms with Gasteiger partial charge in [0.15, 0.2) is 0 Å². The van der Waals surface area contributed by atoms with Crippen molar-refractivity contribution in [3.8, 4) is 11.5 Å². The van der Waals surface area contributed by atoms with Crippen LogP contribution in [0.2, 0.25) is 5.02 Å². The Hall–Kier alpha value is -1.65. The lowest BCUT2D eigenvalue weighted by Crippen LogP contribution is -2.00. The topological polar surface area (TPSA) is 35.2 Å². The maximum absolute atomic E-state index is 13.2. The standard InChI is InChI=1S/C13H10ClF2NO/c14-11-3-2-10(6-12(11)16)18-13-4-1-9(15)5-8(13)7-17/h1-6H,7,17H2. The number of nitrogens with two attached hydrogens (primary N) is 1. The highest BCUT2D eigenvalue weighted by Crippen LogP contribution is 2.28. The lowest BCUT2D eigenvalue weighted by atomic mass is 10.2.